The van der Waals surface area contributed by atoms with E-state index in [4.69, 9.17) is 4.74 Å². The molecule has 0 bridgehead atoms. The normalized spacial score (nSPS) is 13.1. The Balaban J connectivity index is 2.52. The number of carbonyl (C=O) groups excluding carboxylic acids is 2. The Kier molecular flexibility index (Phi) is 2.71. The van der Waals surface area contributed by atoms with Crippen LogP contribution in [0.4, 0.5) is 0 Å². The van der Waals surface area contributed by atoms with Crippen molar-refractivity contribution in [1.29, 1.82) is 0 Å². The largest absolute Gasteiger partial charge is 0.462 e. The number of hydrogen-bond donors (Lipinski definition) is 0. The fourth-order valence-electron chi connectivity index (χ4n) is 1.58. The first kappa shape index (κ1) is 10.4. The summed E-state index contributed by atoms with van der Waals surface area (Å²) in [5.41, 5.74) is 4.10. The molecule has 0 unspecified atom stereocenters. The Hall–Kier alpha value is -2.12. The fraction of sp³-hybridized carbons (Fsp3) is 0.154. The van der Waals surface area contributed by atoms with Gasteiger partial charge in [-0.1, -0.05) is 24.3 Å². The van der Waals surface area contributed by atoms with Gasteiger partial charge < -0.3 is 4.74 Å². The summed E-state index contributed by atoms with van der Waals surface area (Å²) in [6.45, 7) is 2.04. The Morgan fingerprint density at radius 3 is 2.69 bits per heavy atom. The van der Waals surface area contributed by atoms with Crippen LogP contribution < -0.4 is 0 Å². The first-order valence-electron chi connectivity index (χ1n) is 5.01. The van der Waals surface area contributed by atoms with Crippen LogP contribution in [-0.2, 0) is 9.53 Å². The molecule has 0 aromatic heterocycles. The second-order valence-corrected chi connectivity index (χ2v) is 3.29. The van der Waals surface area contributed by atoms with E-state index in [9.17, 15) is 9.59 Å². The van der Waals surface area contributed by atoms with Crippen LogP contribution in [0.15, 0.2) is 36.1 Å². The number of fused-ring (bicyclic) bond motifs is 1. The molecular weight excluding hydrogens is 204 g/mol. The topological polar surface area (TPSA) is 43.4 Å². The van der Waals surface area contributed by atoms with Gasteiger partial charge in [0.1, 0.15) is 5.57 Å². The van der Waals surface area contributed by atoms with Gasteiger partial charge in [-0.25, -0.2) is 4.79 Å². The molecule has 1 aliphatic rings. The molecule has 0 N–H and O–H groups in total. The van der Waals surface area contributed by atoms with Crippen molar-refractivity contribution >= 4 is 17.3 Å². The molecule has 0 saturated carbocycles. The van der Waals surface area contributed by atoms with E-state index in [2.05, 4.69) is 5.73 Å². The van der Waals surface area contributed by atoms with E-state index in [1.165, 1.54) is 6.08 Å². The van der Waals surface area contributed by atoms with Gasteiger partial charge in [0.25, 0.3) is 0 Å². The Morgan fingerprint density at radius 1 is 1.31 bits per heavy atom. The standard InChI is InChI=1S/C13H10O3/c1-2-16-13(15)11-7-8-12(14)10-6-4-3-5-9(10)11/h3-6,8H,2H2,1H3. The summed E-state index contributed by atoms with van der Waals surface area (Å²) < 4.78 is 4.90. The van der Waals surface area contributed by atoms with Gasteiger partial charge in [0.2, 0.25) is 0 Å². The molecule has 3 heteroatoms. The minimum atomic E-state index is -0.446. The highest BCUT2D eigenvalue weighted by Gasteiger charge is 2.21. The highest BCUT2D eigenvalue weighted by atomic mass is 16.5. The van der Waals surface area contributed by atoms with Gasteiger partial charge in [-0.15, -0.1) is 5.73 Å². The van der Waals surface area contributed by atoms with Crippen molar-refractivity contribution in [2.75, 3.05) is 6.61 Å². The van der Waals surface area contributed by atoms with Gasteiger partial charge in [0.05, 0.1) is 6.61 Å². The average molecular weight is 214 g/mol. The van der Waals surface area contributed by atoms with Crippen LogP contribution >= 0.6 is 0 Å². The molecule has 0 spiro atoms. The minimum absolute atomic E-state index is 0.136. The maximum atomic E-state index is 11.6. The van der Waals surface area contributed by atoms with Gasteiger partial charge in [-0.05, 0) is 6.92 Å². The summed E-state index contributed by atoms with van der Waals surface area (Å²) in [4.78, 5) is 23.1. The zero-order valence-electron chi connectivity index (χ0n) is 8.82. The molecule has 1 aromatic carbocycles. The van der Waals surface area contributed by atoms with Gasteiger partial charge in [0.15, 0.2) is 5.78 Å². The van der Waals surface area contributed by atoms with E-state index in [1.807, 2.05) is 0 Å². The molecule has 80 valence electrons. The monoisotopic (exact) mass is 214 g/mol. The number of rotatable bonds is 2. The van der Waals surface area contributed by atoms with Crippen LogP contribution in [0.1, 0.15) is 22.8 Å². The third-order valence-corrected chi connectivity index (χ3v) is 2.29. The van der Waals surface area contributed by atoms with Crippen molar-refractivity contribution in [3.63, 3.8) is 0 Å². The molecule has 0 amide bonds. The first-order valence-corrected chi connectivity index (χ1v) is 5.01. The number of hydrogen-bond acceptors (Lipinski definition) is 3. The van der Waals surface area contributed by atoms with Crippen LogP contribution in [0.5, 0.6) is 0 Å². The SMILES string of the molecule is CCOC(=O)C1=C=CC(=O)c2ccccc21. The lowest BCUT2D eigenvalue weighted by molar-refractivity contribution is -0.136. The lowest BCUT2D eigenvalue weighted by atomic mass is 9.94. The second-order valence-electron chi connectivity index (χ2n) is 3.29. The Labute approximate surface area is 93.0 Å². The Bertz CT molecular complexity index is 520. The van der Waals surface area contributed by atoms with Crippen molar-refractivity contribution in [1.82, 2.24) is 0 Å². The van der Waals surface area contributed by atoms with Crippen LogP contribution in [0.2, 0.25) is 0 Å². The van der Waals surface area contributed by atoms with E-state index in [0.717, 1.165) is 0 Å². The van der Waals surface area contributed by atoms with Crippen molar-refractivity contribution in [2.24, 2.45) is 0 Å². The molecule has 16 heavy (non-hydrogen) atoms. The van der Waals surface area contributed by atoms with E-state index in [0.29, 0.717) is 23.3 Å². The van der Waals surface area contributed by atoms with Gasteiger partial charge in [-0.2, -0.15) is 0 Å². The number of benzene rings is 1. The summed E-state index contributed by atoms with van der Waals surface area (Å²) in [5, 5.41) is 0. The first-order chi connectivity index (χ1) is 7.74. The number of carbonyl (C=O) groups is 2. The third kappa shape index (κ3) is 1.69. The minimum Gasteiger partial charge on any atom is -0.462 e. The summed E-state index contributed by atoms with van der Waals surface area (Å²) in [5.74, 6) is -0.581. The third-order valence-electron chi connectivity index (χ3n) is 2.29. The van der Waals surface area contributed by atoms with Crippen LogP contribution in [0, 0.1) is 0 Å². The fourth-order valence-corrected chi connectivity index (χ4v) is 1.58. The summed E-state index contributed by atoms with van der Waals surface area (Å²) in [6, 6.07) is 6.95. The van der Waals surface area contributed by atoms with Crippen LogP contribution in [0.3, 0.4) is 0 Å². The number of esters is 1. The predicted molar refractivity (Wildman–Crippen MR) is 58.9 cm³/mol. The molecule has 0 atom stereocenters. The van der Waals surface area contributed by atoms with Crippen molar-refractivity contribution < 1.29 is 14.3 Å². The average Bonchev–Trinajstić information content (AvgIpc) is 2.30. The van der Waals surface area contributed by atoms with Gasteiger partial charge in [-0.3, -0.25) is 4.79 Å². The van der Waals surface area contributed by atoms with E-state index >= 15 is 0 Å². The number of ketones is 1. The molecule has 0 fully saturated rings. The summed E-state index contributed by atoms with van der Waals surface area (Å²) >= 11 is 0. The van der Waals surface area contributed by atoms with Gasteiger partial charge >= 0.3 is 5.97 Å². The highest BCUT2D eigenvalue weighted by molar-refractivity contribution is 6.23. The smallest absolute Gasteiger partial charge is 0.346 e. The molecule has 0 saturated heterocycles. The predicted octanol–water partition coefficient (Wildman–Crippen LogP) is 1.98. The molecule has 0 aliphatic heterocycles. The molecule has 2 rings (SSSR count). The van der Waals surface area contributed by atoms with Crippen molar-refractivity contribution in [3.05, 3.63) is 47.2 Å². The molecule has 1 aliphatic carbocycles. The zero-order valence-corrected chi connectivity index (χ0v) is 8.82. The quantitative estimate of drug-likeness (QED) is 0.558. The van der Waals surface area contributed by atoms with E-state index in [-0.39, 0.29) is 5.78 Å². The molecular formula is C13H10O3. The second kappa shape index (κ2) is 4.17. The zero-order chi connectivity index (χ0) is 11.5. The molecule has 1 aromatic rings. The highest BCUT2D eigenvalue weighted by Crippen LogP contribution is 2.23. The van der Waals surface area contributed by atoms with Crippen molar-refractivity contribution in [2.45, 2.75) is 6.92 Å². The maximum absolute atomic E-state index is 11.6. The molecule has 0 heterocycles. The van der Waals surface area contributed by atoms with E-state index in [1.54, 1.807) is 31.2 Å². The van der Waals surface area contributed by atoms with Crippen molar-refractivity contribution in [3.8, 4) is 0 Å². The van der Waals surface area contributed by atoms with Crippen LogP contribution in [-0.4, -0.2) is 18.4 Å². The summed E-state index contributed by atoms with van der Waals surface area (Å²) in [7, 11) is 0. The molecule has 0 radical (unpaired) electrons. The molecule has 3 nitrogen and oxygen atoms in total. The maximum Gasteiger partial charge on any atom is 0.346 e. The number of ether oxygens (including phenoxy) is 1. The summed E-state index contributed by atoms with van der Waals surface area (Å²) in [6.07, 6.45) is 1.27. The lowest BCUT2D eigenvalue weighted by Gasteiger charge is -2.11. The van der Waals surface area contributed by atoms with Gasteiger partial charge in [0, 0.05) is 17.2 Å². The van der Waals surface area contributed by atoms with Crippen LogP contribution in [0.25, 0.3) is 5.57 Å². The van der Waals surface area contributed by atoms with E-state index < -0.39 is 5.97 Å². The lowest BCUT2D eigenvalue weighted by Crippen LogP contribution is -2.12. The Morgan fingerprint density at radius 2 is 2.00 bits per heavy atom.